The summed E-state index contributed by atoms with van der Waals surface area (Å²) in [6.07, 6.45) is 15.7. The highest BCUT2D eigenvalue weighted by molar-refractivity contribution is 5.84. The van der Waals surface area contributed by atoms with Crippen LogP contribution in [0, 0.1) is 17.8 Å². The van der Waals surface area contributed by atoms with E-state index in [0.717, 1.165) is 30.3 Å². The molecule has 0 aliphatic rings. The molecule has 0 bridgehead atoms. The van der Waals surface area contributed by atoms with Gasteiger partial charge in [0.2, 0.25) is 5.91 Å². The van der Waals surface area contributed by atoms with Gasteiger partial charge >= 0.3 is 5.97 Å². The Labute approximate surface area is 192 Å². The fourth-order valence-corrected chi connectivity index (χ4v) is 4.16. The standard InChI is InChI=1S/C26H52N2O3/c1-7-8-9-10-11-12-13-14-15-16-18-22(2)21-24(26(30)31)23(3)25(29)27-19-17-20-28(4,5)6/h22-24H,7-21H2,1-6H3,(H-,27,29,30,31)/p+1. The largest absolute Gasteiger partial charge is 0.481 e. The molecular weight excluding hydrogens is 388 g/mol. The van der Waals surface area contributed by atoms with Crippen molar-refractivity contribution in [3.63, 3.8) is 0 Å². The smallest absolute Gasteiger partial charge is 0.307 e. The minimum atomic E-state index is -0.844. The highest BCUT2D eigenvalue weighted by atomic mass is 16.4. The second-order valence-corrected chi connectivity index (χ2v) is 10.7. The highest BCUT2D eigenvalue weighted by Gasteiger charge is 2.31. The normalized spacial score (nSPS) is 14.8. The Morgan fingerprint density at radius 2 is 1.35 bits per heavy atom. The molecule has 0 saturated heterocycles. The number of carbonyl (C=O) groups excluding carboxylic acids is 1. The molecule has 5 nitrogen and oxygen atoms in total. The lowest BCUT2D eigenvalue weighted by Crippen LogP contribution is -2.40. The Bertz CT molecular complexity index is 474. The van der Waals surface area contributed by atoms with Gasteiger partial charge in [0.25, 0.3) is 0 Å². The van der Waals surface area contributed by atoms with E-state index in [9.17, 15) is 14.7 Å². The van der Waals surface area contributed by atoms with Gasteiger partial charge in [-0.1, -0.05) is 91.4 Å². The van der Waals surface area contributed by atoms with Crippen molar-refractivity contribution in [2.45, 2.75) is 104 Å². The van der Waals surface area contributed by atoms with Crippen molar-refractivity contribution in [1.82, 2.24) is 5.32 Å². The maximum Gasteiger partial charge on any atom is 0.307 e. The van der Waals surface area contributed by atoms with Crippen molar-refractivity contribution in [3.8, 4) is 0 Å². The van der Waals surface area contributed by atoms with E-state index in [-0.39, 0.29) is 5.91 Å². The van der Waals surface area contributed by atoms with E-state index in [4.69, 9.17) is 0 Å². The first-order valence-corrected chi connectivity index (χ1v) is 12.9. The minimum Gasteiger partial charge on any atom is -0.481 e. The highest BCUT2D eigenvalue weighted by Crippen LogP contribution is 2.25. The molecule has 1 amide bonds. The van der Waals surface area contributed by atoms with Crippen LogP contribution < -0.4 is 5.32 Å². The van der Waals surface area contributed by atoms with Crippen LogP contribution in [0.25, 0.3) is 0 Å². The van der Waals surface area contributed by atoms with Crippen LogP contribution in [0.4, 0.5) is 0 Å². The molecule has 31 heavy (non-hydrogen) atoms. The molecule has 184 valence electrons. The average molecular weight is 442 g/mol. The summed E-state index contributed by atoms with van der Waals surface area (Å²) in [7, 11) is 6.38. The molecule has 0 rings (SSSR count). The van der Waals surface area contributed by atoms with E-state index in [1.54, 1.807) is 6.92 Å². The Hall–Kier alpha value is -1.10. The van der Waals surface area contributed by atoms with Gasteiger partial charge < -0.3 is 14.9 Å². The van der Waals surface area contributed by atoms with Gasteiger partial charge in [0, 0.05) is 18.9 Å². The van der Waals surface area contributed by atoms with Crippen LogP contribution in [0.3, 0.4) is 0 Å². The fourth-order valence-electron chi connectivity index (χ4n) is 4.16. The number of hydrogen-bond donors (Lipinski definition) is 2. The number of aliphatic carboxylic acids is 1. The number of hydrogen-bond acceptors (Lipinski definition) is 2. The predicted octanol–water partition coefficient (Wildman–Crippen LogP) is 5.87. The molecule has 3 unspecified atom stereocenters. The first kappa shape index (κ1) is 29.9. The van der Waals surface area contributed by atoms with Crippen molar-refractivity contribution in [2.24, 2.45) is 17.8 Å². The van der Waals surface area contributed by atoms with E-state index in [1.807, 2.05) is 0 Å². The molecule has 0 aromatic rings. The number of carbonyl (C=O) groups is 2. The Morgan fingerprint density at radius 3 is 1.84 bits per heavy atom. The number of carboxylic acid groups (broad SMARTS) is 1. The first-order valence-electron chi connectivity index (χ1n) is 12.9. The number of rotatable bonds is 20. The van der Waals surface area contributed by atoms with Gasteiger partial charge in [-0.3, -0.25) is 9.59 Å². The molecule has 0 aliphatic carbocycles. The van der Waals surface area contributed by atoms with Gasteiger partial charge in [0.1, 0.15) is 0 Å². The molecule has 0 radical (unpaired) electrons. The molecule has 5 heteroatoms. The number of unbranched alkanes of at least 4 members (excludes halogenated alkanes) is 9. The number of quaternary nitrogens is 1. The average Bonchev–Trinajstić information content (AvgIpc) is 2.69. The quantitative estimate of drug-likeness (QED) is 0.183. The summed E-state index contributed by atoms with van der Waals surface area (Å²) in [5, 5.41) is 12.6. The molecule has 0 aromatic carbocycles. The summed E-state index contributed by atoms with van der Waals surface area (Å²) in [5.74, 6) is -1.72. The number of amides is 1. The van der Waals surface area contributed by atoms with Crippen LogP contribution in [-0.2, 0) is 9.59 Å². The van der Waals surface area contributed by atoms with Gasteiger partial charge in [-0.05, 0) is 12.3 Å². The molecule has 0 heterocycles. The lowest BCUT2D eigenvalue weighted by Gasteiger charge is -2.25. The third-order valence-corrected chi connectivity index (χ3v) is 6.35. The minimum absolute atomic E-state index is 0.125. The van der Waals surface area contributed by atoms with Crippen LogP contribution in [-0.4, -0.2) is 55.7 Å². The first-order chi connectivity index (χ1) is 14.6. The predicted molar refractivity (Wildman–Crippen MR) is 131 cm³/mol. The molecule has 3 atom stereocenters. The molecule has 0 fully saturated rings. The van der Waals surface area contributed by atoms with Crippen molar-refractivity contribution in [2.75, 3.05) is 34.2 Å². The summed E-state index contributed by atoms with van der Waals surface area (Å²) in [5.41, 5.74) is 0. The van der Waals surface area contributed by atoms with E-state index in [1.165, 1.54) is 57.8 Å². The van der Waals surface area contributed by atoms with E-state index in [2.05, 4.69) is 40.3 Å². The van der Waals surface area contributed by atoms with Gasteiger partial charge in [0.15, 0.2) is 0 Å². The van der Waals surface area contributed by atoms with Crippen LogP contribution >= 0.6 is 0 Å². The lowest BCUT2D eigenvalue weighted by atomic mass is 9.83. The van der Waals surface area contributed by atoms with Gasteiger partial charge in [-0.15, -0.1) is 0 Å². The number of nitrogens with one attached hydrogen (secondary N) is 1. The van der Waals surface area contributed by atoms with E-state index >= 15 is 0 Å². The van der Waals surface area contributed by atoms with Crippen molar-refractivity contribution >= 4 is 11.9 Å². The molecule has 0 spiro atoms. The van der Waals surface area contributed by atoms with E-state index < -0.39 is 17.8 Å². The zero-order valence-electron chi connectivity index (χ0n) is 21.5. The van der Waals surface area contributed by atoms with Gasteiger partial charge in [-0.25, -0.2) is 0 Å². The fraction of sp³-hybridized carbons (Fsp3) is 0.923. The van der Waals surface area contributed by atoms with E-state index in [0.29, 0.717) is 18.9 Å². The maximum absolute atomic E-state index is 12.5. The SMILES string of the molecule is CCCCCCCCCCCCC(C)CC(C(=O)O)C(C)C(=O)NCCC[N+](C)(C)C. The van der Waals surface area contributed by atoms with Gasteiger partial charge in [-0.2, -0.15) is 0 Å². The summed E-state index contributed by atoms with van der Waals surface area (Å²) >= 11 is 0. The van der Waals surface area contributed by atoms with Crippen LogP contribution in [0.15, 0.2) is 0 Å². The Kier molecular flexibility index (Phi) is 16.8. The summed E-state index contributed by atoms with van der Waals surface area (Å²) in [6.45, 7) is 7.74. The third kappa shape index (κ3) is 17.2. The lowest BCUT2D eigenvalue weighted by molar-refractivity contribution is -0.870. The van der Waals surface area contributed by atoms with Crippen molar-refractivity contribution in [1.29, 1.82) is 0 Å². The summed E-state index contributed by atoms with van der Waals surface area (Å²) < 4.78 is 0.861. The Morgan fingerprint density at radius 1 is 0.839 bits per heavy atom. The number of nitrogens with zero attached hydrogens (tertiary/aromatic N) is 1. The second-order valence-electron chi connectivity index (χ2n) is 10.7. The molecule has 0 aromatic heterocycles. The zero-order valence-corrected chi connectivity index (χ0v) is 21.5. The van der Waals surface area contributed by atoms with Crippen molar-refractivity contribution in [3.05, 3.63) is 0 Å². The summed E-state index contributed by atoms with van der Waals surface area (Å²) in [6, 6.07) is 0. The monoisotopic (exact) mass is 441 g/mol. The maximum atomic E-state index is 12.5. The van der Waals surface area contributed by atoms with Crippen LogP contribution in [0.1, 0.15) is 104 Å². The Balaban J connectivity index is 4.07. The topological polar surface area (TPSA) is 66.4 Å². The molecule has 0 saturated carbocycles. The second kappa shape index (κ2) is 17.5. The molecular formula is C26H53N2O3+. The third-order valence-electron chi connectivity index (χ3n) is 6.35. The summed E-state index contributed by atoms with van der Waals surface area (Å²) in [4.78, 5) is 24.3. The zero-order chi connectivity index (χ0) is 23.7. The van der Waals surface area contributed by atoms with Crippen molar-refractivity contribution < 1.29 is 19.2 Å². The van der Waals surface area contributed by atoms with Crippen LogP contribution in [0.2, 0.25) is 0 Å². The molecule has 2 N–H and O–H groups in total. The van der Waals surface area contributed by atoms with Crippen LogP contribution in [0.5, 0.6) is 0 Å². The number of carboxylic acids is 1. The molecule has 0 aliphatic heterocycles. The van der Waals surface area contributed by atoms with Gasteiger partial charge in [0.05, 0.1) is 33.6 Å².